The van der Waals surface area contributed by atoms with Gasteiger partial charge in [-0.1, -0.05) is 34.0 Å². The van der Waals surface area contributed by atoms with Crippen molar-refractivity contribution in [2.24, 2.45) is 0 Å². The molecular weight excluding hydrogens is 594 g/mol. The number of halogens is 1. The summed E-state index contributed by atoms with van der Waals surface area (Å²) in [5.74, 6) is 2.73. The van der Waals surface area contributed by atoms with Crippen LogP contribution in [0.1, 0.15) is 29.6 Å². The average molecular weight is 628 g/mol. The first-order valence-electron chi connectivity index (χ1n) is 12.6. The van der Waals surface area contributed by atoms with Crippen LogP contribution in [0.15, 0.2) is 64.7 Å². The summed E-state index contributed by atoms with van der Waals surface area (Å²) in [5, 5.41) is 3.68. The van der Waals surface area contributed by atoms with Crippen LogP contribution in [0.5, 0.6) is 11.5 Å². The molecule has 13 heteroatoms. The Kier molecular flexibility index (Phi) is 11.8. The normalized spacial score (nSPS) is 16.7. The first-order chi connectivity index (χ1) is 19.5. The van der Waals surface area contributed by atoms with E-state index in [0.29, 0.717) is 27.8 Å². The minimum atomic E-state index is -2.33. The molecule has 1 aliphatic carbocycles. The molecule has 2 aromatic rings. The predicted molar refractivity (Wildman–Crippen MR) is 165 cm³/mol. The van der Waals surface area contributed by atoms with Crippen molar-refractivity contribution < 1.29 is 26.8 Å². The maximum atomic E-state index is 13.6. The number of ether oxygens (including phenoxy) is 2. The molecule has 0 bridgehead atoms. The number of carbonyl (C=O) groups is 1. The van der Waals surface area contributed by atoms with E-state index in [1.807, 2.05) is 30.0 Å². The van der Waals surface area contributed by atoms with Gasteiger partial charge < -0.3 is 19.0 Å². The van der Waals surface area contributed by atoms with Gasteiger partial charge >= 0.3 is 0 Å². The zero-order chi connectivity index (χ0) is 28.4. The lowest BCUT2D eigenvalue weighted by atomic mass is 10.0. The van der Waals surface area contributed by atoms with Crippen LogP contribution in [0.4, 0.5) is 5.69 Å². The number of rotatable bonds is 15. The monoisotopic (exact) mass is 627 g/mol. The van der Waals surface area contributed by atoms with E-state index in [4.69, 9.17) is 33.6 Å². The quantitative estimate of drug-likeness (QED) is 0.113. The van der Waals surface area contributed by atoms with Gasteiger partial charge in [-0.2, -0.15) is 11.8 Å². The highest BCUT2D eigenvalue weighted by atomic mass is 35.5. The Bertz CT molecular complexity index is 1220. The summed E-state index contributed by atoms with van der Waals surface area (Å²) in [6.07, 6.45) is 6.80. The summed E-state index contributed by atoms with van der Waals surface area (Å²) in [4.78, 5) is 14.3. The average Bonchev–Trinajstić information content (AvgIpc) is 2.95. The number of anilines is 1. The molecule has 1 fully saturated rings. The third-order valence-electron chi connectivity index (χ3n) is 6.13. The Morgan fingerprint density at radius 1 is 1.02 bits per heavy atom. The smallest absolute Gasteiger partial charge is 0.257 e. The van der Waals surface area contributed by atoms with E-state index in [9.17, 15) is 4.79 Å². The number of hydrogen-bond donors (Lipinski definition) is 3. The van der Waals surface area contributed by atoms with E-state index in [2.05, 4.69) is 20.8 Å². The van der Waals surface area contributed by atoms with Gasteiger partial charge in [0, 0.05) is 29.1 Å². The van der Waals surface area contributed by atoms with Crippen LogP contribution in [0, 0.1) is 0 Å². The van der Waals surface area contributed by atoms with Crippen molar-refractivity contribution in [3.63, 3.8) is 0 Å². The maximum absolute atomic E-state index is 13.6. The highest BCUT2D eigenvalue weighted by Crippen LogP contribution is 2.63. The van der Waals surface area contributed by atoms with Gasteiger partial charge in [0.15, 0.2) is 18.3 Å². The molecule has 4 rings (SSSR count). The molecule has 0 unspecified atom stereocenters. The fourth-order valence-electron chi connectivity index (χ4n) is 4.03. The Hall–Kier alpha value is -2.03. The Morgan fingerprint density at radius 2 is 1.77 bits per heavy atom. The van der Waals surface area contributed by atoms with Gasteiger partial charge in [-0.15, -0.1) is 0 Å². The van der Waals surface area contributed by atoms with Crippen molar-refractivity contribution in [2.45, 2.75) is 24.2 Å². The number of thioether (sulfide) groups is 1. The molecule has 1 aliphatic heterocycles. The van der Waals surface area contributed by atoms with E-state index in [1.54, 1.807) is 38.5 Å². The molecule has 3 N–H and O–H groups in total. The van der Waals surface area contributed by atoms with Crippen molar-refractivity contribution in [1.82, 2.24) is 10.0 Å². The number of benzene rings is 2. The number of nitrogens with one attached hydrogen (secondary N) is 3. The molecule has 9 nitrogen and oxygen atoms in total. The number of methoxy groups -OCH3 is 2. The zero-order valence-electron chi connectivity index (χ0n) is 22.6. The second-order valence-corrected chi connectivity index (χ2v) is 13.2. The molecule has 1 heterocycles. The molecule has 40 heavy (non-hydrogen) atoms. The predicted octanol–water partition coefficient (Wildman–Crippen LogP) is 6.64. The molecule has 0 aromatic heterocycles. The minimum Gasteiger partial charge on any atom is -0.493 e. The lowest BCUT2D eigenvalue weighted by molar-refractivity contribution is 0.0489. The van der Waals surface area contributed by atoms with E-state index in [1.165, 1.54) is 24.9 Å². The Morgan fingerprint density at radius 3 is 2.40 bits per heavy atom. The lowest BCUT2D eigenvalue weighted by Crippen LogP contribution is -2.30. The summed E-state index contributed by atoms with van der Waals surface area (Å²) >= 11 is 9.25. The molecule has 0 saturated carbocycles. The summed E-state index contributed by atoms with van der Waals surface area (Å²) in [6.45, 7) is 1.04. The van der Waals surface area contributed by atoms with Gasteiger partial charge in [0.1, 0.15) is 0 Å². The van der Waals surface area contributed by atoms with Crippen LogP contribution >= 0.6 is 46.4 Å². The lowest BCUT2D eigenvalue weighted by Gasteiger charge is -2.50. The van der Waals surface area contributed by atoms with Crippen molar-refractivity contribution in [3.05, 3.63) is 70.4 Å². The van der Waals surface area contributed by atoms with Crippen LogP contribution in [0.2, 0.25) is 5.02 Å². The third-order valence-corrected chi connectivity index (χ3v) is 10.1. The summed E-state index contributed by atoms with van der Waals surface area (Å²) in [5.41, 5.74) is 3.12. The number of amides is 1. The number of allylic oxidation sites excluding steroid dienone is 4. The van der Waals surface area contributed by atoms with Crippen LogP contribution in [-0.2, 0) is 12.5 Å². The summed E-state index contributed by atoms with van der Waals surface area (Å²) < 4.78 is 34.2. The summed E-state index contributed by atoms with van der Waals surface area (Å²) in [6, 6.07) is 10.6. The molecule has 2 aliphatic rings. The van der Waals surface area contributed by atoms with E-state index >= 15 is 0 Å². The number of carbonyl (C=O) groups excluding carboxylic acids is 1. The maximum Gasteiger partial charge on any atom is 0.257 e. The molecule has 1 amide bonds. The third kappa shape index (κ3) is 8.04. The molecule has 2 aromatic carbocycles. The van der Waals surface area contributed by atoms with Crippen LogP contribution in [0.25, 0.3) is 0 Å². The van der Waals surface area contributed by atoms with Crippen LogP contribution in [-0.4, -0.2) is 52.1 Å². The Labute approximate surface area is 250 Å². The van der Waals surface area contributed by atoms with Gasteiger partial charge in [-0.25, -0.2) is 13.1 Å². The van der Waals surface area contributed by atoms with Gasteiger partial charge in [-0.3, -0.25) is 9.52 Å². The zero-order valence-corrected chi connectivity index (χ0v) is 25.8. The fraction of sp³-hybridized carbons (Fsp3) is 0.370. The largest absolute Gasteiger partial charge is 0.493 e. The van der Waals surface area contributed by atoms with Crippen LogP contribution < -0.4 is 24.2 Å². The van der Waals surface area contributed by atoms with Gasteiger partial charge in [0.2, 0.25) is 0 Å². The highest BCUT2D eigenvalue weighted by molar-refractivity contribution is 8.27. The van der Waals surface area contributed by atoms with Crippen molar-refractivity contribution in [2.75, 3.05) is 50.9 Å². The van der Waals surface area contributed by atoms with Crippen LogP contribution in [0.3, 0.4) is 0 Å². The molecule has 0 atom stereocenters. The SMILES string of the molecule is COSNCCSCCC1=CC=C(NC(=O)c2cc(OC)c(OC)cc2NS2(c3ccc(Cl)cc3)OCO2)CC1. The topological polar surface area (TPSA) is 99.3 Å². The van der Waals surface area contributed by atoms with Gasteiger partial charge in [0.05, 0.1) is 49.7 Å². The second kappa shape index (κ2) is 15.3. The minimum absolute atomic E-state index is 0.142. The van der Waals surface area contributed by atoms with E-state index in [0.717, 1.165) is 47.9 Å². The van der Waals surface area contributed by atoms with Crippen molar-refractivity contribution in [3.8, 4) is 11.5 Å². The van der Waals surface area contributed by atoms with Crippen molar-refractivity contribution in [1.29, 1.82) is 0 Å². The van der Waals surface area contributed by atoms with Crippen molar-refractivity contribution >= 4 is 58.0 Å². The molecule has 0 spiro atoms. The summed E-state index contributed by atoms with van der Waals surface area (Å²) in [7, 11) is 2.40. The fourth-order valence-corrected chi connectivity index (χ4v) is 7.20. The molecule has 1 saturated heterocycles. The van der Waals surface area contributed by atoms with Gasteiger partial charge in [-0.05, 0) is 61.4 Å². The molecular formula is C27H34ClN3O6S3. The van der Waals surface area contributed by atoms with E-state index in [-0.39, 0.29) is 12.7 Å². The first kappa shape index (κ1) is 30.9. The highest BCUT2D eigenvalue weighted by Gasteiger charge is 2.35. The molecule has 218 valence electrons. The van der Waals surface area contributed by atoms with Gasteiger partial charge in [0.25, 0.3) is 5.91 Å². The Balaban J connectivity index is 1.45. The van der Waals surface area contributed by atoms with E-state index < -0.39 is 10.8 Å². The standard InChI is InChI=1S/C27H34ClN3O6S3/c1-33-25-16-23(27(32)30-21-8-4-19(5-9-21)12-14-38-15-13-29-39-35-3)24(17-26(25)34-2)31-40(36-18-37-40)22-10-6-20(28)7-11-22/h4,6-8,10-11,16-17,29,31H,5,9,12-15,18H2,1-3H3,(H,30,32). The number of hydrogen-bond acceptors (Lipinski definition) is 10. The second-order valence-electron chi connectivity index (χ2n) is 8.64. The first-order valence-corrected chi connectivity index (χ1v) is 16.4. The molecule has 0 radical (unpaired) electrons.